The quantitative estimate of drug-likeness (QED) is 0.655. The fourth-order valence-electron chi connectivity index (χ4n) is 2.82. The van der Waals surface area contributed by atoms with Crippen LogP contribution in [0.3, 0.4) is 0 Å². The zero-order valence-electron chi connectivity index (χ0n) is 15.8. The van der Waals surface area contributed by atoms with Gasteiger partial charge in [-0.1, -0.05) is 32.9 Å². The Labute approximate surface area is 148 Å². The molecule has 0 aliphatic carbocycles. The minimum absolute atomic E-state index is 0.149. The summed E-state index contributed by atoms with van der Waals surface area (Å²) in [6.45, 7) is 11.6. The molecule has 0 unspecified atom stereocenters. The summed E-state index contributed by atoms with van der Waals surface area (Å²) in [5.41, 5.74) is 3.72. The number of hydrogen-bond donors (Lipinski definition) is 0. The summed E-state index contributed by atoms with van der Waals surface area (Å²) in [5.74, 6) is 0.301. The van der Waals surface area contributed by atoms with E-state index in [9.17, 15) is 9.18 Å². The molecule has 0 saturated heterocycles. The fraction of sp³-hybridized carbons (Fsp3) is 0.333. The highest BCUT2D eigenvalue weighted by Crippen LogP contribution is 2.20. The van der Waals surface area contributed by atoms with E-state index in [4.69, 9.17) is 0 Å². The van der Waals surface area contributed by atoms with Crippen LogP contribution in [0.15, 0.2) is 35.1 Å². The van der Waals surface area contributed by atoms with Crippen molar-refractivity contribution in [2.24, 2.45) is 0 Å². The Balaban J connectivity index is 0.00000109. The van der Waals surface area contributed by atoms with Crippen molar-refractivity contribution >= 4 is 10.9 Å². The maximum absolute atomic E-state index is 13.8. The van der Waals surface area contributed by atoms with Crippen molar-refractivity contribution in [3.63, 3.8) is 0 Å². The van der Waals surface area contributed by atoms with Crippen LogP contribution in [0.25, 0.3) is 16.6 Å². The maximum atomic E-state index is 13.8. The molecule has 2 aromatic carbocycles. The predicted molar refractivity (Wildman–Crippen MR) is 102 cm³/mol. The molecule has 4 heteroatoms. The van der Waals surface area contributed by atoms with E-state index in [-0.39, 0.29) is 11.4 Å². The molecule has 0 spiro atoms. The zero-order chi connectivity index (χ0) is 18.7. The second-order valence-corrected chi connectivity index (χ2v) is 5.86. The summed E-state index contributed by atoms with van der Waals surface area (Å²) >= 11 is 0. The lowest BCUT2D eigenvalue weighted by molar-refractivity contribution is 0.620. The Hall–Kier alpha value is -2.49. The summed E-state index contributed by atoms with van der Waals surface area (Å²) in [5, 5.41) is 0.446. The van der Waals surface area contributed by atoms with Gasteiger partial charge < -0.3 is 0 Å². The Morgan fingerprint density at radius 3 is 2.40 bits per heavy atom. The normalized spacial score (nSPS) is 10.5. The first-order valence-electron chi connectivity index (χ1n) is 8.72. The Bertz CT molecular complexity index is 974. The highest BCUT2D eigenvalue weighted by atomic mass is 19.1. The van der Waals surface area contributed by atoms with Gasteiger partial charge in [-0.25, -0.2) is 9.37 Å². The van der Waals surface area contributed by atoms with Crippen molar-refractivity contribution in [1.82, 2.24) is 9.55 Å². The van der Waals surface area contributed by atoms with Crippen molar-refractivity contribution in [2.45, 2.75) is 48.0 Å². The minimum Gasteiger partial charge on any atom is -0.268 e. The molecule has 3 aromatic rings. The van der Waals surface area contributed by atoms with Crippen LogP contribution in [-0.2, 0) is 6.42 Å². The number of aromatic nitrogens is 2. The molecule has 0 bridgehead atoms. The molecule has 0 radical (unpaired) electrons. The molecular weight excluding hydrogens is 315 g/mol. The van der Waals surface area contributed by atoms with Crippen LogP contribution in [0, 0.1) is 26.6 Å². The van der Waals surface area contributed by atoms with Gasteiger partial charge in [0.05, 0.1) is 16.6 Å². The largest absolute Gasteiger partial charge is 0.268 e. The maximum Gasteiger partial charge on any atom is 0.265 e. The Kier molecular flexibility index (Phi) is 5.73. The summed E-state index contributed by atoms with van der Waals surface area (Å²) < 4.78 is 15.5. The van der Waals surface area contributed by atoms with Crippen LogP contribution in [0.4, 0.5) is 4.39 Å². The van der Waals surface area contributed by atoms with E-state index >= 15 is 0 Å². The van der Waals surface area contributed by atoms with Crippen LogP contribution in [0.2, 0.25) is 0 Å². The van der Waals surface area contributed by atoms with E-state index in [1.165, 1.54) is 6.07 Å². The van der Waals surface area contributed by atoms with Crippen LogP contribution in [0.1, 0.15) is 43.3 Å². The molecule has 0 atom stereocenters. The van der Waals surface area contributed by atoms with Crippen molar-refractivity contribution < 1.29 is 4.39 Å². The van der Waals surface area contributed by atoms with Gasteiger partial charge in [-0.05, 0) is 49.6 Å². The summed E-state index contributed by atoms with van der Waals surface area (Å²) in [4.78, 5) is 17.6. The average molecular weight is 340 g/mol. The third-order valence-corrected chi connectivity index (χ3v) is 4.35. The van der Waals surface area contributed by atoms with Crippen molar-refractivity contribution in [1.29, 1.82) is 0 Å². The third kappa shape index (κ3) is 3.34. The third-order valence-electron chi connectivity index (χ3n) is 4.35. The monoisotopic (exact) mass is 340 g/mol. The van der Waals surface area contributed by atoms with E-state index in [2.05, 4.69) is 4.98 Å². The molecule has 0 amide bonds. The number of nitrogens with zero attached hydrogens (tertiary/aromatic N) is 2. The van der Waals surface area contributed by atoms with Crippen molar-refractivity contribution in [3.05, 3.63) is 69.0 Å². The molecule has 1 aromatic heterocycles. The first-order chi connectivity index (χ1) is 11.9. The standard InChI is InChI=1S/C19H19FN2O.C2H6/c1-5-18-21-16-10-15(20)12(3)9-14(16)19(23)22(18)17-8-6-7-11(2)13(17)4;1-2/h6-10H,5H2,1-4H3;1-2H3. The van der Waals surface area contributed by atoms with Crippen LogP contribution in [-0.4, -0.2) is 9.55 Å². The van der Waals surface area contributed by atoms with Gasteiger partial charge >= 0.3 is 0 Å². The summed E-state index contributed by atoms with van der Waals surface area (Å²) in [6.07, 6.45) is 0.591. The Morgan fingerprint density at radius 2 is 1.76 bits per heavy atom. The van der Waals surface area contributed by atoms with Gasteiger partial charge in [0.1, 0.15) is 11.6 Å². The number of halogens is 1. The lowest BCUT2D eigenvalue weighted by Crippen LogP contribution is -2.24. The van der Waals surface area contributed by atoms with Gasteiger partial charge in [-0.15, -0.1) is 0 Å². The molecule has 0 aliphatic rings. The molecular formula is C21H25FN2O. The molecule has 0 fully saturated rings. The van der Waals surface area contributed by atoms with Gasteiger partial charge in [0.2, 0.25) is 0 Å². The molecule has 0 N–H and O–H groups in total. The number of hydrogen-bond acceptors (Lipinski definition) is 2. The van der Waals surface area contributed by atoms with E-state index in [1.54, 1.807) is 17.6 Å². The second-order valence-electron chi connectivity index (χ2n) is 5.86. The number of rotatable bonds is 2. The highest BCUT2D eigenvalue weighted by Gasteiger charge is 2.15. The van der Waals surface area contributed by atoms with Crippen LogP contribution >= 0.6 is 0 Å². The van der Waals surface area contributed by atoms with Crippen LogP contribution in [0.5, 0.6) is 0 Å². The fourth-order valence-corrected chi connectivity index (χ4v) is 2.82. The average Bonchev–Trinajstić information content (AvgIpc) is 2.61. The molecule has 3 nitrogen and oxygen atoms in total. The van der Waals surface area contributed by atoms with Gasteiger partial charge in [-0.3, -0.25) is 9.36 Å². The minimum atomic E-state index is -0.337. The number of benzene rings is 2. The first kappa shape index (κ1) is 18.8. The van der Waals surface area contributed by atoms with Crippen molar-refractivity contribution in [2.75, 3.05) is 0 Å². The highest BCUT2D eigenvalue weighted by molar-refractivity contribution is 5.79. The Morgan fingerprint density at radius 1 is 1.08 bits per heavy atom. The van der Waals surface area contributed by atoms with Crippen molar-refractivity contribution in [3.8, 4) is 5.69 Å². The molecule has 25 heavy (non-hydrogen) atoms. The zero-order valence-corrected chi connectivity index (χ0v) is 15.8. The molecule has 132 valence electrons. The van der Waals surface area contributed by atoms with E-state index < -0.39 is 0 Å². The molecule has 0 saturated carbocycles. The van der Waals surface area contributed by atoms with Gasteiger partial charge in [0.15, 0.2) is 0 Å². The topological polar surface area (TPSA) is 34.9 Å². The van der Waals surface area contributed by atoms with E-state index in [0.717, 1.165) is 16.8 Å². The van der Waals surface area contributed by atoms with Gasteiger partial charge in [-0.2, -0.15) is 0 Å². The second kappa shape index (κ2) is 7.60. The smallest absolute Gasteiger partial charge is 0.265 e. The predicted octanol–water partition coefficient (Wildman–Crippen LogP) is 5.04. The SMILES string of the molecule is CC.CCc1nc2cc(F)c(C)cc2c(=O)n1-c1cccc(C)c1C. The lowest BCUT2D eigenvalue weighted by atomic mass is 10.1. The molecule has 3 rings (SSSR count). The van der Waals surface area contributed by atoms with E-state index in [1.807, 2.05) is 52.8 Å². The van der Waals surface area contributed by atoms with E-state index in [0.29, 0.717) is 28.7 Å². The molecule has 1 heterocycles. The van der Waals surface area contributed by atoms with Gasteiger partial charge in [0.25, 0.3) is 5.56 Å². The lowest BCUT2D eigenvalue weighted by Gasteiger charge is -2.16. The number of fused-ring (bicyclic) bond motifs is 1. The van der Waals surface area contributed by atoms with Crippen LogP contribution < -0.4 is 5.56 Å². The number of aryl methyl sites for hydroxylation is 3. The summed E-state index contributed by atoms with van der Waals surface area (Å²) in [6, 6.07) is 8.81. The molecule has 0 aliphatic heterocycles. The summed E-state index contributed by atoms with van der Waals surface area (Å²) in [7, 11) is 0. The first-order valence-corrected chi connectivity index (χ1v) is 8.72. The van der Waals surface area contributed by atoms with Gasteiger partial charge in [0, 0.05) is 12.5 Å².